The van der Waals surface area contributed by atoms with Crippen LogP contribution in [0.1, 0.15) is 31.7 Å². The van der Waals surface area contributed by atoms with Crippen molar-refractivity contribution in [2.75, 3.05) is 13.2 Å². The van der Waals surface area contributed by atoms with E-state index in [1.54, 1.807) is 0 Å². The summed E-state index contributed by atoms with van der Waals surface area (Å²) in [4.78, 5) is 19.2. The maximum Gasteiger partial charge on any atom is 0.490 e. The van der Waals surface area contributed by atoms with Gasteiger partial charge in [0.1, 0.15) is 5.75 Å². The fraction of sp³-hybridized carbons (Fsp3) is 0.500. The van der Waals surface area contributed by atoms with Crippen molar-refractivity contribution >= 4 is 11.9 Å². The maximum atomic E-state index is 10.6. The number of carboxylic acids is 2. The molecule has 25 heavy (non-hydrogen) atoms. The molecule has 6 nitrogen and oxygen atoms in total. The lowest BCUT2D eigenvalue weighted by Gasteiger charge is -2.08. The van der Waals surface area contributed by atoms with E-state index in [4.69, 9.17) is 19.7 Å². The van der Waals surface area contributed by atoms with Gasteiger partial charge in [-0.25, -0.2) is 4.79 Å². The number of hydrogen-bond donors (Lipinski definition) is 3. The molecule has 0 bridgehead atoms. The zero-order valence-electron chi connectivity index (χ0n) is 13.8. The molecule has 0 amide bonds. The molecule has 0 aliphatic carbocycles. The van der Waals surface area contributed by atoms with Crippen LogP contribution in [0.3, 0.4) is 0 Å². The Morgan fingerprint density at radius 2 is 1.88 bits per heavy atom. The highest BCUT2D eigenvalue weighted by atomic mass is 19.4. The van der Waals surface area contributed by atoms with Crippen LogP contribution in [0.2, 0.25) is 0 Å². The Kier molecular flexibility index (Phi) is 11.0. The summed E-state index contributed by atoms with van der Waals surface area (Å²) in [6.07, 6.45) is -2.76. The summed E-state index contributed by atoms with van der Waals surface area (Å²) in [6.45, 7) is 4.02. The van der Waals surface area contributed by atoms with Crippen molar-refractivity contribution in [3.05, 3.63) is 29.8 Å². The molecule has 0 aliphatic rings. The molecule has 0 unspecified atom stereocenters. The van der Waals surface area contributed by atoms with Gasteiger partial charge >= 0.3 is 18.1 Å². The van der Waals surface area contributed by atoms with Crippen molar-refractivity contribution in [2.45, 2.75) is 38.9 Å². The molecule has 0 saturated carbocycles. The minimum Gasteiger partial charge on any atom is -0.494 e. The predicted octanol–water partition coefficient (Wildman–Crippen LogP) is 3.06. The normalized spacial score (nSPS) is 10.6. The second-order valence-corrected chi connectivity index (χ2v) is 4.97. The first-order valence-electron chi connectivity index (χ1n) is 7.61. The van der Waals surface area contributed by atoms with E-state index >= 15 is 0 Å². The standard InChI is InChI=1S/C14H21NO3.C2HF3O2/c1-2-3-9-18-13-6-4-5-12(10-13)11-15-8-7-14(16)17;3-2(4,5)1(6)7/h4-6,10,15H,2-3,7-9,11H2,1H3,(H,16,17);(H,6,7). The summed E-state index contributed by atoms with van der Waals surface area (Å²) in [5, 5.41) is 18.7. The number of benzene rings is 1. The number of aliphatic carboxylic acids is 2. The molecule has 0 atom stereocenters. The molecule has 0 spiro atoms. The molecule has 142 valence electrons. The highest BCUT2D eigenvalue weighted by molar-refractivity contribution is 5.73. The Labute approximate surface area is 143 Å². The van der Waals surface area contributed by atoms with Gasteiger partial charge in [-0.1, -0.05) is 25.5 Å². The van der Waals surface area contributed by atoms with E-state index in [0.29, 0.717) is 13.1 Å². The first-order valence-corrected chi connectivity index (χ1v) is 7.61. The molecular weight excluding hydrogens is 343 g/mol. The lowest BCUT2D eigenvalue weighted by Crippen LogP contribution is -2.21. The van der Waals surface area contributed by atoms with Gasteiger partial charge < -0.3 is 20.3 Å². The van der Waals surface area contributed by atoms with Gasteiger partial charge in [-0.2, -0.15) is 13.2 Å². The first kappa shape index (κ1) is 22.7. The first-order chi connectivity index (χ1) is 11.7. The van der Waals surface area contributed by atoms with Gasteiger partial charge in [-0.3, -0.25) is 4.79 Å². The Bertz CT molecular complexity index is 535. The molecule has 0 saturated heterocycles. The highest BCUT2D eigenvalue weighted by Crippen LogP contribution is 2.14. The second-order valence-electron chi connectivity index (χ2n) is 4.97. The molecule has 1 rings (SSSR count). The van der Waals surface area contributed by atoms with E-state index in [1.807, 2.05) is 24.3 Å². The summed E-state index contributed by atoms with van der Waals surface area (Å²) in [7, 11) is 0. The molecular formula is C16H22F3NO5. The zero-order valence-corrected chi connectivity index (χ0v) is 13.8. The topological polar surface area (TPSA) is 95.9 Å². The number of carboxylic acid groups (broad SMARTS) is 2. The van der Waals surface area contributed by atoms with Gasteiger partial charge in [-0.05, 0) is 24.1 Å². The van der Waals surface area contributed by atoms with Gasteiger partial charge in [0.25, 0.3) is 0 Å². The number of unbranched alkanes of at least 4 members (excludes halogenated alkanes) is 1. The minimum atomic E-state index is -5.08. The third-order valence-electron chi connectivity index (χ3n) is 2.75. The zero-order chi connectivity index (χ0) is 19.3. The number of halogens is 3. The molecule has 3 N–H and O–H groups in total. The molecule has 0 heterocycles. The van der Waals surface area contributed by atoms with E-state index in [0.717, 1.165) is 30.8 Å². The van der Waals surface area contributed by atoms with Crippen LogP contribution in [0.5, 0.6) is 5.75 Å². The van der Waals surface area contributed by atoms with E-state index in [9.17, 15) is 18.0 Å². The van der Waals surface area contributed by atoms with Crippen LogP contribution in [0.4, 0.5) is 13.2 Å². The van der Waals surface area contributed by atoms with Crippen LogP contribution in [0.25, 0.3) is 0 Å². The Balaban J connectivity index is 0.000000697. The van der Waals surface area contributed by atoms with Crippen molar-refractivity contribution in [1.82, 2.24) is 5.32 Å². The third kappa shape index (κ3) is 12.8. The van der Waals surface area contributed by atoms with Crippen LogP contribution < -0.4 is 10.1 Å². The monoisotopic (exact) mass is 365 g/mol. The Morgan fingerprint density at radius 3 is 2.40 bits per heavy atom. The molecule has 0 aliphatic heterocycles. The van der Waals surface area contributed by atoms with Gasteiger partial charge in [0, 0.05) is 13.1 Å². The summed E-state index contributed by atoms with van der Waals surface area (Å²) in [5.41, 5.74) is 1.11. The van der Waals surface area contributed by atoms with Crippen molar-refractivity contribution in [3.63, 3.8) is 0 Å². The summed E-state index contributed by atoms with van der Waals surface area (Å²) >= 11 is 0. The number of ether oxygens (including phenoxy) is 1. The molecule has 1 aromatic rings. The van der Waals surface area contributed by atoms with Gasteiger partial charge in [0.2, 0.25) is 0 Å². The fourth-order valence-corrected chi connectivity index (χ4v) is 1.51. The fourth-order valence-electron chi connectivity index (χ4n) is 1.51. The lowest BCUT2D eigenvalue weighted by molar-refractivity contribution is -0.192. The van der Waals surface area contributed by atoms with Gasteiger partial charge in [0.15, 0.2) is 0 Å². The molecule has 9 heteroatoms. The Hall–Kier alpha value is -2.29. The Morgan fingerprint density at radius 1 is 1.24 bits per heavy atom. The number of carbonyl (C=O) groups is 2. The predicted molar refractivity (Wildman–Crippen MR) is 84.5 cm³/mol. The van der Waals surface area contributed by atoms with Gasteiger partial charge in [-0.15, -0.1) is 0 Å². The maximum absolute atomic E-state index is 10.6. The third-order valence-corrected chi connectivity index (χ3v) is 2.75. The highest BCUT2D eigenvalue weighted by Gasteiger charge is 2.38. The van der Waals surface area contributed by atoms with E-state index in [2.05, 4.69) is 12.2 Å². The molecule has 0 aromatic heterocycles. The van der Waals surface area contributed by atoms with E-state index in [1.165, 1.54) is 0 Å². The van der Waals surface area contributed by atoms with Crippen molar-refractivity contribution in [3.8, 4) is 5.75 Å². The van der Waals surface area contributed by atoms with Crippen LogP contribution in [-0.2, 0) is 16.1 Å². The van der Waals surface area contributed by atoms with Crippen molar-refractivity contribution < 1.29 is 37.7 Å². The van der Waals surface area contributed by atoms with Gasteiger partial charge in [0.05, 0.1) is 13.0 Å². The van der Waals surface area contributed by atoms with Crippen LogP contribution >= 0.6 is 0 Å². The smallest absolute Gasteiger partial charge is 0.490 e. The van der Waals surface area contributed by atoms with Crippen LogP contribution in [0.15, 0.2) is 24.3 Å². The number of rotatable bonds is 9. The average molecular weight is 365 g/mol. The number of hydrogen-bond acceptors (Lipinski definition) is 4. The van der Waals surface area contributed by atoms with E-state index < -0.39 is 18.1 Å². The van der Waals surface area contributed by atoms with Crippen LogP contribution in [-0.4, -0.2) is 41.5 Å². The largest absolute Gasteiger partial charge is 0.494 e. The lowest BCUT2D eigenvalue weighted by atomic mass is 10.2. The number of nitrogens with one attached hydrogen (secondary N) is 1. The summed E-state index contributed by atoms with van der Waals surface area (Å²) < 4.78 is 37.3. The van der Waals surface area contributed by atoms with E-state index in [-0.39, 0.29) is 6.42 Å². The van der Waals surface area contributed by atoms with Crippen molar-refractivity contribution in [2.24, 2.45) is 0 Å². The van der Waals surface area contributed by atoms with Crippen molar-refractivity contribution in [1.29, 1.82) is 0 Å². The second kappa shape index (κ2) is 12.1. The van der Waals surface area contributed by atoms with Crippen LogP contribution in [0, 0.1) is 0 Å². The summed E-state index contributed by atoms with van der Waals surface area (Å²) in [5.74, 6) is -2.66. The average Bonchev–Trinajstić information content (AvgIpc) is 2.52. The molecule has 1 aromatic carbocycles. The quantitative estimate of drug-likeness (QED) is 0.582. The molecule has 0 fully saturated rings. The summed E-state index contributed by atoms with van der Waals surface area (Å²) in [6, 6.07) is 7.88. The molecule has 0 radical (unpaired) electrons. The SMILES string of the molecule is CCCCOc1cccc(CNCCC(=O)O)c1.O=C(O)C(F)(F)F. The number of alkyl halides is 3. The minimum absolute atomic E-state index is 0.146.